The van der Waals surface area contributed by atoms with Crippen molar-refractivity contribution in [3.63, 3.8) is 0 Å². The van der Waals surface area contributed by atoms with E-state index in [4.69, 9.17) is 10.5 Å². The molecule has 1 heterocycles. The molecule has 118 valence electrons. The molecule has 0 saturated heterocycles. The third-order valence-electron chi connectivity index (χ3n) is 2.62. The summed E-state index contributed by atoms with van der Waals surface area (Å²) in [4.78, 5) is 15.7. The summed E-state index contributed by atoms with van der Waals surface area (Å²) in [7, 11) is 0. The van der Waals surface area contributed by atoms with E-state index in [9.17, 15) is 13.6 Å². The predicted octanol–water partition coefficient (Wildman–Crippen LogP) is 1.42. The van der Waals surface area contributed by atoms with E-state index in [-0.39, 0.29) is 18.3 Å². The highest BCUT2D eigenvalue weighted by Gasteiger charge is 2.14. The maximum absolute atomic E-state index is 12.1. The van der Waals surface area contributed by atoms with Gasteiger partial charge in [-0.2, -0.15) is 11.8 Å². The monoisotopic (exact) mass is 319 g/mol. The number of pyridine rings is 1. The van der Waals surface area contributed by atoms with Gasteiger partial charge in [0.05, 0.1) is 6.04 Å². The number of thioether (sulfide) groups is 1. The standard InChI is InChI=1S/C13H19F2N3O2S/c1-21-6-4-10(16)12(19)18-7-9-3-2-5-17-13(9)20-8-11(14)15/h2-3,5,10-11H,4,6-8,16H2,1H3,(H,18,19). The van der Waals surface area contributed by atoms with E-state index < -0.39 is 19.1 Å². The molecule has 0 radical (unpaired) electrons. The fraction of sp³-hybridized carbons (Fsp3) is 0.538. The number of hydrogen-bond donors (Lipinski definition) is 2. The number of nitrogens with two attached hydrogens (primary N) is 1. The van der Waals surface area contributed by atoms with Crippen LogP contribution in [0.2, 0.25) is 0 Å². The Hall–Kier alpha value is -1.41. The second-order valence-electron chi connectivity index (χ2n) is 4.28. The van der Waals surface area contributed by atoms with E-state index in [0.29, 0.717) is 12.0 Å². The van der Waals surface area contributed by atoms with Crippen molar-refractivity contribution in [3.8, 4) is 5.88 Å². The minimum Gasteiger partial charge on any atom is -0.471 e. The van der Waals surface area contributed by atoms with E-state index in [1.807, 2.05) is 6.26 Å². The van der Waals surface area contributed by atoms with E-state index in [1.54, 1.807) is 23.9 Å². The normalized spacial score (nSPS) is 12.2. The number of amides is 1. The molecule has 0 fully saturated rings. The van der Waals surface area contributed by atoms with Crippen LogP contribution in [0.15, 0.2) is 18.3 Å². The second kappa shape index (κ2) is 9.51. The number of hydrogen-bond acceptors (Lipinski definition) is 5. The van der Waals surface area contributed by atoms with E-state index in [0.717, 1.165) is 5.75 Å². The molecule has 0 aliphatic carbocycles. The maximum atomic E-state index is 12.1. The zero-order chi connectivity index (χ0) is 15.7. The predicted molar refractivity (Wildman–Crippen MR) is 78.6 cm³/mol. The molecule has 0 aliphatic heterocycles. The average Bonchev–Trinajstić information content (AvgIpc) is 2.48. The molecular formula is C13H19F2N3O2S. The van der Waals surface area contributed by atoms with Gasteiger partial charge in [-0.15, -0.1) is 0 Å². The van der Waals surface area contributed by atoms with Gasteiger partial charge in [0.25, 0.3) is 6.43 Å². The van der Waals surface area contributed by atoms with Gasteiger partial charge in [-0.3, -0.25) is 4.79 Å². The van der Waals surface area contributed by atoms with Crippen LogP contribution in [0.4, 0.5) is 8.78 Å². The van der Waals surface area contributed by atoms with Crippen molar-refractivity contribution in [2.24, 2.45) is 5.73 Å². The Morgan fingerprint density at radius 2 is 2.33 bits per heavy atom. The summed E-state index contributed by atoms with van der Waals surface area (Å²) in [5.41, 5.74) is 6.26. The fourth-order valence-electron chi connectivity index (χ4n) is 1.52. The summed E-state index contributed by atoms with van der Waals surface area (Å²) in [5.74, 6) is 0.605. The number of nitrogens with one attached hydrogen (secondary N) is 1. The highest BCUT2D eigenvalue weighted by atomic mass is 32.2. The van der Waals surface area contributed by atoms with Crippen LogP contribution in [0, 0.1) is 0 Å². The molecule has 1 aromatic heterocycles. The van der Waals surface area contributed by atoms with Crippen molar-refractivity contribution in [2.45, 2.75) is 25.4 Å². The van der Waals surface area contributed by atoms with Crippen molar-refractivity contribution in [2.75, 3.05) is 18.6 Å². The van der Waals surface area contributed by atoms with E-state index in [2.05, 4.69) is 10.3 Å². The summed E-state index contributed by atoms with van der Waals surface area (Å²) in [5, 5.41) is 2.65. The molecule has 0 aliphatic rings. The first-order chi connectivity index (χ1) is 10.0. The summed E-state index contributed by atoms with van der Waals surface area (Å²) < 4.78 is 29.2. The number of aromatic nitrogens is 1. The van der Waals surface area contributed by atoms with Gasteiger partial charge >= 0.3 is 0 Å². The van der Waals surface area contributed by atoms with Crippen molar-refractivity contribution in [1.82, 2.24) is 10.3 Å². The van der Waals surface area contributed by atoms with Crippen LogP contribution in [0.25, 0.3) is 0 Å². The lowest BCUT2D eigenvalue weighted by molar-refractivity contribution is -0.122. The molecule has 8 heteroatoms. The number of nitrogens with zero attached hydrogens (tertiary/aromatic N) is 1. The highest BCUT2D eigenvalue weighted by molar-refractivity contribution is 7.98. The zero-order valence-electron chi connectivity index (χ0n) is 11.7. The Balaban J connectivity index is 2.52. The Bertz CT molecular complexity index is 449. The van der Waals surface area contributed by atoms with Gasteiger partial charge in [-0.25, -0.2) is 13.8 Å². The van der Waals surface area contributed by atoms with E-state index in [1.165, 1.54) is 6.20 Å². The van der Waals surface area contributed by atoms with Crippen LogP contribution in [0.1, 0.15) is 12.0 Å². The highest BCUT2D eigenvalue weighted by Crippen LogP contribution is 2.15. The molecule has 1 unspecified atom stereocenters. The summed E-state index contributed by atoms with van der Waals surface area (Å²) in [6.45, 7) is -0.594. The Kier molecular flexibility index (Phi) is 7.99. The van der Waals surface area contributed by atoms with Crippen molar-refractivity contribution < 1.29 is 18.3 Å². The van der Waals surface area contributed by atoms with Crippen LogP contribution < -0.4 is 15.8 Å². The minimum atomic E-state index is -2.57. The van der Waals surface area contributed by atoms with Crippen LogP contribution >= 0.6 is 11.8 Å². The molecule has 0 saturated carbocycles. The molecule has 0 spiro atoms. The number of carbonyl (C=O) groups excluding carboxylic acids is 1. The van der Waals surface area contributed by atoms with Crippen LogP contribution in [-0.4, -0.2) is 42.0 Å². The molecule has 1 amide bonds. The number of halogens is 2. The first-order valence-corrected chi connectivity index (χ1v) is 7.81. The van der Waals surface area contributed by atoms with Crippen molar-refractivity contribution >= 4 is 17.7 Å². The average molecular weight is 319 g/mol. The van der Waals surface area contributed by atoms with Gasteiger partial charge in [0.2, 0.25) is 11.8 Å². The van der Waals surface area contributed by atoms with Gasteiger partial charge in [-0.05, 0) is 24.5 Å². The third kappa shape index (κ3) is 6.72. The lowest BCUT2D eigenvalue weighted by Crippen LogP contribution is -2.40. The van der Waals surface area contributed by atoms with Gasteiger partial charge in [0.1, 0.15) is 0 Å². The molecule has 0 aromatic carbocycles. The lowest BCUT2D eigenvalue weighted by Gasteiger charge is -2.13. The van der Waals surface area contributed by atoms with E-state index >= 15 is 0 Å². The van der Waals surface area contributed by atoms with Crippen LogP contribution in [0.3, 0.4) is 0 Å². The lowest BCUT2D eigenvalue weighted by atomic mass is 10.2. The quantitative estimate of drug-likeness (QED) is 0.720. The Morgan fingerprint density at radius 3 is 3.00 bits per heavy atom. The Morgan fingerprint density at radius 1 is 1.57 bits per heavy atom. The Labute approximate surface area is 126 Å². The molecule has 21 heavy (non-hydrogen) atoms. The molecule has 1 atom stereocenters. The maximum Gasteiger partial charge on any atom is 0.272 e. The third-order valence-corrected chi connectivity index (χ3v) is 3.26. The number of carbonyl (C=O) groups is 1. The topological polar surface area (TPSA) is 77.2 Å². The fourth-order valence-corrected chi connectivity index (χ4v) is 2.01. The SMILES string of the molecule is CSCCC(N)C(=O)NCc1cccnc1OCC(F)F. The number of alkyl halides is 2. The molecule has 1 aromatic rings. The van der Waals surface area contributed by atoms with Gasteiger partial charge < -0.3 is 15.8 Å². The van der Waals surface area contributed by atoms with Crippen molar-refractivity contribution in [1.29, 1.82) is 0 Å². The van der Waals surface area contributed by atoms with Crippen molar-refractivity contribution in [3.05, 3.63) is 23.9 Å². The zero-order valence-corrected chi connectivity index (χ0v) is 12.5. The molecule has 0 bridgehead atoms. The first kappa shape index (κ1) is 17.6. The molecule has 5 nitrogen and oxygen atoms in total. The van der Waals surface area contributed by atoms with Crippen LogP contribution in [-0.2, 0) is 11.3 Å². The molecule has 3 N–H and O–H groups in total. The first-order valence-electron chi connectivity index (χ1n) is 6.41. The van der Waals surface area contributed by atoms with Crippen LogP contribution in [0.5, 0.6) is 5.88 Å². The van der Waals surface area contributed by atoms with Gasteiger partial charge in [-0.1, -0.05) is 6.07 Å². The number of ether oxygens (including phenoxy) is 1. The molecule has 1 rings (SSSR count). The number of rotatable bonds is 9. The minimum absolute atomic E-state index is 0.0933. The second-order valence-corrected chi connectivity index (χ2v) is 5.26. The smallest absolute Gasteiger partial charge is 0.272 e. The van der Waals surface area contributed by atoms with Gasteiger partial charge in [0.15, 0.2) is 6.61 Å². The molecular weight excluding hydrogens is 300 g/mol. The largest absolute Gasteiger partial charge is 0.471 e. The summed E-state index contributed by atoms with van der Waals surface area (Å²) >= 11 is 1.61. The van der Waals surface area contributed by atoms with Gasteiger partial charge in [0, 0.05) is 18.3 Å². The summed E-state index contributed by atoms with van der Waals surface area (Å²) in [6.07, 6.45) is 1.38. The summed E-state index contributed by atoms with van der Waals surface area (Å²) in [6, 6.07) is 2.71.